The lowest BCUT2D eigenvalue weighted by atomic mass is 10.2. The molecule has 1 N–H and O–H groups in total. The van der Waals surface area contributed by atoms with Crippen LogP contribution in [-0.4, -0.2) is 20.8 Å². The van der Waals surface area contributed by atoms with Crippen molar-refractivity contribution >= 4 is 11.8 Å². The van der Waals surface area contributed by atoms with Crippen molar-refractivity contribution in [1.29, 1.82) is 0 Å². The lowest BCUT2D eigenvalue weighted by molar-refractivity contribution is 0.240. The molecule has 4 nitrogen and oxygen atoms in total. The minimum Gasteiger partial charge on any atom is -0.491 e. The van der Waals surface area contributed by atoms with Gasteiger partial charge in [0.15, 0.2) is 5.16 Å². The van der Waals surface area contributed by atoms with Crippen LogP contribution in [0.2, 0.25) is 0 Å². The molecule has 0 aliphatic heterocycles. The topological polar surface area (TPSA) is 47.3 Å². The molecule has 1 aromatic carbocycles. The molecule has 1 aromatic heterocycles. The summed E-state index contributed by atoms with van der Waals surface area (Å²) in [5.74, 6) is 1.71. The molecule has 2 aromatic rings. The molecule has 0 saturated carbocycles. The van der Waals surface area contributed by atoms with Crippen LogP contribution in [0.4, 0.5) is 0 Å². The third-order valence-corrected chi connectivity index (χ3v) is 3.99. The normalized spacial score (nSPS) is 11.1. The molecule has 0 fully saturated rings. The Balaban J connectivity index is 2.08. The first-order valence-electron chi connectivity index (χ1n) is 6.60. The Morgan fingerprint density at radius 1 is 1.35 bits per heavy atom. The fourth-order valence-corrected chi connectivity index (χ4v) is 2.80. The van der Waals surface area contributed by atoms with Crippen LogP contribution in [-0.2, 0) is 19.4 Å². The first-order valence-corrected chi connectivity index (χ1v) is 7.59. The summed E-state index contributed by atoms with van der Waals surface area (Å²) in [6, 6.07) is 8.06. The van der Waals surface area contributed by atoms with Gasteiger partial charge in [0.1, 0.15) is 5.75 Å². The Labute approximate surface area is 123 Å². The fourth-order valence-electron chi connectivity index (χ4n) is 1.84. The quantitative estimate of drug-likeness (QED) is 0.832. The summed E-state index contributed by atoms with van der Waals surface area (Å²) in [5, 5.41) is 10.1. The Kier molecular flexibility index (Phi) is 5.09. The average Bonchev–Trinajstić information content (AvgIpc) is 2.78. The molecule has 1 heterocycles. The second kappa shape index (κ2) is 6.81. The molecular formula is C15H20N2O2S. The molecule has 0 radical (unpaired) electrons. The minimum absolute atomic E-state index is 0.0110. The van der Waals surface area contributed by atoms with Crippen molar-refractivity contribution in [3.05, 3.63) is 41.7 Å². The molecule has 0 amide bonds. The monoisotopic (exact) mass is 292 g/mol. The predicted octanol–water partition coefficient (Wildman–Crippen LogP) is 2.99. The van der Waals surface area contributed by atoms with Crippen LogP contribution >= 0.6 is 11.8 Å². The molecule has 0 bridgehead atoms. The van der Waals surface area contributed by atoms with Gasteiger partial charge in [-0.3, -0.25) is 0 Å². The molecule has 0 aliphatic rings. The van der Waals surface area contributed by atoms with Gasteiger partial charge in [-0.05, 0) is 19.9 Å². The summed E-state index contributed by atoms with van der Waals surface area (Å²) in [7, 11) is 1.91. The van der Waals surface area contributed by atoms with E-state index < -0.39 is 0 Å². The number of aliphatic hydroxyl groups excluding tert-OH is 1. The van der Waals surface area contributed by atoms with Crippen molar-refractivity contribution in [2.45, 2.75) is 37.5 Å². The van der Waals surface area contributed by atoms with Crippen molar-refractivity contribution in [3.8, 4) is 5.75 Å². The highest BCUT2D eigenvalue weighted by Gasteiger charge is 2.09. The van der Waals surface area contributed by atoms with E-state index in [1.807, 2.05) is 43.7 Å². The number of imidazole rings is 1. The third kappa shape index (κ3) is 3.55. The summed E-state index contributed by atoms with van der Waals surface area (Å²) in [6.45, 7) is 4.06. The zero-order chi connectivity index (χ0) is 14.5. The van der Waals surface area contributed by atoms with Gasteiger partial charge in [-0.1, -0.05) is 30.0 Å². The number of nitrogens with zero attached hydrogens (tertiary/aromatic N) is 2. The number of rotatable bonds is 6. The molecule has 0 unspecified atom stereocenters. The SMILES string of the molecule is CC(C)Oc1ccccc1CSc1ncc(CO)n1C. The van der Waals surface area contributed by atoms with Crippen LogP contribution in [0, 0.1) is 0 Å². The number of thioether (sulfide) groups is 1. The van der Waals surface area contributed by atoms with Crippen molar-refractivity contribution < 1.29 is 9.84 Å². The molecule has 0 atom stereocenters. The molecule has 2 rings (SSSR count). The number of ether oxygens (including phenoxy) is 1. The number of benzene rings is 1. The summed E-state index contributed by atoms with van der Waals surface area (Å²) in [4.78, 5) is 4.32. The largest absolute Gasteiger partial charge is 0.491 e. The van der Waals surface area contributed by atoms with Gasteiger partial charge in [0.25, 0.3) is 0 Å². The maximum absolute atomic E-state index is 9.17. The maximum atomic E-state index is 9.17. The Morgan fingerprint density at radius 2 is 2.10 bits per heavy atom. The number of para-hydroxylation sites is 1. The van der Waals surface area contributed by atoms with Crippen LogP contribution in [0.5, 0.6) is 5.75 Å². The van der Waals surface area contributed by atoms with E-state index in [4.69, 9.17) is 4.74 Å². The van der Waals surface area contributed by atoms with E-state index in [1.165, 1.54) is 0 Å². The number of aromatic nitrogens is 2. The molecular weight excluding hydrogens is 272 g/mol. The van der Waals surface area contributed by atoms with Gasteiger partial charge >= 0.3 is 0 Å². The van der Waals surface area contributed by atoms with E-state index in [1.54, 1.807) is 18.0 Å². The van der Waals surface area contributed by atoms with Crippen molar-refractivity contribution in [1.82, 2.24) is 9.55 Å². The second-order valence-electron chi connectivity index (χ2n) is 4.81. The van der Waals surface area contributed by atoms with Gasteiger partial charge in [-0.15, -0.1) is 0 Å². The van der Waals surface area contributed by atoms with Crippen molar-refractivity contribution in [3.63, 3.8) is 0 Å². The highest BCUT2D eigenvalue weighted by molar-refractivity contribution is 7.98. The van der Waals surface area contributed by atoms with Gasteiger partial charge in [0.05, 0.1) is 24.6 Å². The lowest BCUT2D eigenvalue weighted by Gasteiger charge is -2.13. The van der Waals surface area contributed by atoms with Gasteiger partial charge in [-0.25, -0.2) is 4.98 Å². The lowest BCUT2D eigenvalue weighted by Crippen LogP contribution is -2.07. The summed E-state index contributed by atoms with van der Waals surface area (Å²) < 4.78 is 7.72. The van der Waals surface area contributed by atoms with Crippen molar-refractivity contribution in [2.24, 2.45) is 7.05 Å². The summed E-state index contributed by atoms with van der Waals surface area (Å²) in [5.41, 5.74) is 1.97. The predicted molar refractivity (Wildman–Crippen MR) is 80.9 cm³/mol. The van der Waals surface area contributed by atoms with Gasteiger partial charge < -0.3 is 14.4 Å². The minimum atomic E-state index is 0.0110. The number of hydrogen-bond donors (Lipinski definition) is 1. The van der Waals surface area contributed by atoms with E-state index in [9.17, 15) is 5.11 Å². The third-order valence-electron chi connectivity index (χ3n) is 2.90. The van der Waals surface area contributed by atoms with Crippen LogP contribution in [0.3, 0.4) is 0 Å². The Hall–Kier alpha value is -1.46. The molecule has 0 saturated heterocycles. The van der Waals surface area contributed by atoms with Crippen LogP contribution < -0.4 is 4.74 Å². The summed E-state index contributed by atoms with van der Waals surface area (Å²) in [6.07, 6.45) is 1.87. The highest BCUT2D eigenvalue weighted by Crippen LogP contribution is 2.28. The first kappa shape index (κ1) is 14.9. The van der Waals surface area contributed by atoms with E-state index in [-0.39, 0.29) is 12.7 Å². The summed E-state index contributed by atoms with van der Waals surface area (Å²) >= 11 is 1.64. The number of hydrogen-bond acceptors (Lipinski definition) is 4. The van der Waals surface area contributed by atoms with Gasteiger partial charge in [0, 0.05) is 18.4 Å². The van der Waals surface area contributed by atoms with E-state index in [0.717, 1.165) is 27.9 Å². The molecule has 0 spiro atoms. The van der Waals surface area contributed by atoms with E-state index >= 15 is 0 Å². The zero-order valence-corrected chi connectivity index (χ0v) is 12.9. The Morgan fingerprint density at radius 3 is 2.75 bits per heavy atom. The van der Waals surface area contributed by atoms with Crippen LogP contribution in [0.25, 0.3) is 0 Å². The average molecular weight is 292 g/mol. The molecule has 0 aliphatic carbocycles. The molecule has 5 heteroatoms. The zero-order valence-electron chi connectivity index (χ0n) is 12.0. The smallest absolute Gasteiger partial charge is 0.168 e. The van der Waals surface area contributed by atoms with E-state index in [0.29, 0.717) is 0 Å². The maximum Gasteiger partial charge on any atom is 0.168 e. The molecule has 108 valence electrons. The van der Waals surface area contributed by atoms with Gasteiger partial charge in [-0.2, -0.15) is 0 Å². The van der Waals surface area contributed by atoms with Crippen LogP contribution in [0.1, 0.15) is 25.1 Å². The second-order valence-corrected chi connectivity index (χ2v) is 5.75. The standard InChI is InChI=1S/C15H20N2O2S/c1-11(2)19-14-7-5-4-6-12(14)10-20-15-16-8-13(9-18)17(15)3/h4-8,11,18H,9-10H2,1-3H3. The van der Waals surface area contributed by atoms with Crippen LogP contribution in [0.15, 0.2) is 35.6 Å². The van der Waals surface area contributed by atoms with E-state index in [2.05, 4.69) is 11.1 Å². The van der Waals surface area contributed by atoms with Gasteiger partial charge in [0.2, 0.25) is 0 Å². The first-order chi connectivity index (χ1) is 9.61. The van der Waals surface area contributed by atoms with Crippen molar-refractivity contribution in [2.75, 3.05) is 0 Å². The fraction of sp³-hybridized carbons (Fsp3) is 0.400. The molecule has 20 heavy (non-hydrogen) atoms. The number of aliphatic hydroxyl groups is 1. The highest BCUT2D eigenvalue weighted by atomic mass is 32.2. The Bertz CT molecular complexity index is 567.